The number of ether oxygens (including phenoxy) is 1. The van der Waals surface area contributed by atoms with Crippen molar-refractivity contribution >= 4 is 0 Å². The minimum Gasteiger partial charge on any atom is -0.508 e. The fraction of sp³-hybridized carbons (Fsp3) is 0.667. The summed E-state index contributed by atoms with van der Waals surface area (Å²) in [5.74, 6) is 3.35. The Morgan fingerprint density at radius 3 is 3.05 bits per heavy atom. The molecule has 118 valence electrons. The predicted molar refractivity (Wildman–Crippen MR) is 82.0 cm³/mol. The first-order valence-electron chi connectivity index (χ1n) is 8.59. The second-order valence-electron chi connectivity index (χ2n) is 7.63. The van der Waals surface area contributed by atoms with E-state index in [2.05, 4.69) is 4.90 Å². The Morgan fingerprint density at radius 1 is 1.27 bits per heavy atom. The van der Waals surface area contributed by atoms with Gasteiger partial charge in [0.05, 0.1) is 0 Å². The Kier molecular flexibility index (Phi) is 2.77. The number of nitrogens with zero attached hydrogens (tertiary/aromatic N) is 1. The molecule has 0 amide bonds. The molecule has 1 aromatic carbocycles. The number of aliphatic hydroxyl groups is 1. The van der Waals surface area contributed by atoms with Gasteiger partial charge in [-0.1, -0.05) is 0 Å². The number of phenolic OH excluding ortho intramolecular Hbond substituents is 1. The summed E-state index contributed by atoms with van der Waals surface area (Å²) >= 11 is 0. The zero-order valence-corrected chi connectivity index (χ0v) is 12.7. The molecule has 6 rings (SSSR count). The molecule has 0 spiro atoms. The number of aliphatic hydroxyl groups excluding tert-OH is 1. The molecule has 7 unspecified atom stereocenters. The lowest BCUT2D eigenvalue weighted by molar-refractivity contribution is -0.0763. The lowest BCUT2D eigenvalue weighted by Crippen LogP contribution is -2.60. The fourth-order valence-corrected chi connectivity index (χ4v) is 5.81. The average molecular weight is 301 g/mol. The van der Waals surface area contributed by atoms with Crippen LogP contribution in [0.2, 0.25) is 0 Å². The molecule has 4 nitrogen and oxygen atoms in total. The molecule has 7 atom stereocenters. The molecular formula is C18H23NO3. The van der Waals surface area contributed by atoms with Crippen LogP contribution in [0, 0.1) is 17.8 Å². The zero-order valence-electron chi connectivity index (χ0n) is 12.7. The third kappa shape index (κ3) is 1.71. The maximum Gasteiger partial charge on any atom is 0.123 e. The smallest absolute Gasteiger partial charge is 0.123 e. The topological polar surface area (TPSA) is 52.9 Å². The van der Waals surface area contributed by atoms with Crippen LogP contribution in [0.25, 0.3) is 0 Å². The monoisotopic (exact) mass is 301 g/mol. The maximum absolute atomic E-state index is 9.83. The van der Waals surface area contributed by atoms with Crippen molar-refractivity contribution < 1.29 is 14.9 Å². The number of phenols is 1. The van der Waals surface area contributed by atoms with Gasteiger partial charge in [0.2, 0.25) is 0 Å². The van der Waals surface area contributed by atoms with E-state index < -0.39 is 0 Å². The van der Waals surface area contributed by atoms with Crippen LogP contribution >= 0.6 is 0 Å². The van der Waals surface area contributed by atoms with Gasteiger partial charge in [0.25, 0.3) is 0 Å². The van der Waals surface area contributed by atoms with Gasteiger partial charge in [0, 0.05) is 36.6 Å². The van der Waals surface area contributed by atoms with E-state index in [1.54, 1.807) is 6.07 Å². The van der Waals surface area contributed by atoms with Crippen LogP contribution in [0.3, 0.4) is 0 Å². The van der Waals surface area contributed by atoms with Crippen LogP contribution in [0.1, 0.15) is 30.7 Å². The van der Waals surface area contributed by atoms with Crippen LogP contribution in [0.15, 0.2) is 18.2 Å². The van der Waals surface area contributed by atoms with Crippen LogP contribution in [-0.4, -0.2) is 47.0 Å². The lowest BCUT2D eigenvalue weighted by atomic mass is 9.65. The second-order valence-corrected chi connectivity index (χ2v) is 7.63. The maximum atomic E-state index is 9.83. The fourth-order valence-electron chi connectivity index (χ4n) is 5.81. The molecule has 0 aromatic heterocycles. The van der Waals surface area contributed by atoms with E-state index >= 15 is 0 Å². The highest BCUT2D eigenvalue weighted by molar-refractivity contribution is 5.46. The highest BCUT2D eigenvalue weighted by Crippen LogP contribution is 2.53. The third-order valence-electron chi connectivity index (χ3n) is 6.51. The summed E-state index contributed by atoms with van der Waals surface area (Å²) in [6.07, 6.45) is 3.74. The molecule has 0 radical (unpaired) electrons. The summed E-state index contributed by atoms with van der Waals surface area (Å²) in [5, 5.41) is 19.6. The lowest BCUT2D eigenvalue weighted by Gasteiger charge is -2.53. The summed E-state index contributed by atoms with van der Waals surface area (Å²) in [4.78, 5) is 2.62. The number of hydrogen-bond donors (Lipinski definition) is 2. The largest absolute Gasteiger partial charge is 0.508 e. The second kappa shape index (κ2) is 4.62. The molecule has 2 N–H and O–H groups in total. The molecular weight excluding hydrogens is 278 g/mol. The van der Waals surface area contributed by atoms with Gasteiger partial charge in [-0.15, -0.1) is 0 Å². The summed E-state index contributed by atoms with van der Waals surface area (Å²) in [6, 6.07) is 6.02. The van der Waals surface area contributed by atoms with Gasteiger partial charge in [0.15, 0.2) is 0 Å². The zero-order chi connectivity index (χ0) is 14.8. The molecule has 1 aliphatic carbocycles. The Hall–Kier alpha value is -1.26. The molecule has 4 bridgehead atoms. The van der Waals surface area contributed by atoms with Crippen molar-refractivity contribution in [1.82, 2.24) is 4.90 Å². The first-order chi connectivity index (χ1) is 10.7. The minimum absolute atomic E-state index is 0.226. The van der Waals surface area contributed by atoms with E-state index in [4.69, 9.17) is 4.74 Å². The Balaban J connectivity index is 1.55. The van der Waals surface area contributed by atoms with E-state index in [0.29, 0.717) is 42.1 Å². The van der Waals surface area contributed by atoms with Crippen LogP contribution in [0.4, 0.5) is 0 Å². The van der Waals surface area contributed by atoms with Crippen molar-refractivity contribution in [3.63, 3.8) is 0 Å². The van der Waals surface area contributed by atoms with Gasteiger partial charge in [-0.05, 0) is 55.8 Å². The van der Waals surface area contributed by atoms with E-state index in [9.17, 15) is 10.2 Å². The van der Waals surface area contributed by atoms with Gasteiger partial charge in [-0.25, -0.2) is 0 Å². The number of piperidine rings is 2. The van der Waals surface area contributed by atoms with Crippen LogP contribution in [-0.2, 0) is 0 Å². The molecule has 1 saturated carbocycles. The van der Waals surface area contributed by atoms with Crippen LogP contribution in [0.5, 0.6) is 11.5 Å². The molecule has 4 heteroatoms. The van der Waals surface area contributed by atoms with Crippen LogP contribution < -0.4 is 4.74 Å². The SMILES string of the molecule is OCC1CC2CC3C4Oc5ccc(O)cc5C4CCN(C2)C13. The molecule has 4 fully saturated rings. The Morgan fingerprint density at radius 2 is 2.18 bits per heavy atom. The van der Waals surface area contributed by atoms with Gasteiger partial charge in [0.1, 0.15) is 17.6 Å². The normalized spacial score (nSPS) is 44.9. The number of rotatable bonds is 1. The average Bonchev–Trinajstić information content (AvgIpc) is 2.85. The van der Waals surface area contributed by atoms with Gasteiger partial charge in [-0.2, -0.15) is 0 Å². The Bertz CT molecular complexity index is 604. The van der Waals surface area contributed by atoms with Gasteiger partial charge < -0.3 is 14.9 Å². The van der Waals surface area contributed by atoms with E-state index in [1.807, 2.05) is 12.1 Å². The molecule has 3 saturated heterocycles. The van der Waals surface area contributed by atoms with E-state index in [0.717, 1.165) is 18.7 Å². The number of benzene rings is 1. The summed E-state index contributed by atoms with van der Waals surface area (Å²) < 4.78 is 6.36. The summed E-state index contributed by atoms with van der Waals surface area (Å²) in [7, 11) is 0. The van der Waals surface area contributed by atoms with Crippen molar-refractivity contribution in [2.45, 2.75) is 37.3 Å². The van der Waals surface area contributed by atoms with Crippen molar-refractivity contribution in [1.29, 1.82) is 0 Å². The van der Waals surface area contributed by atoms with Crippen molar-refractivity contribution in [3.8, 4) is 11.5 Å². The number of hydrogen-bond acceptors (Lipinski definition) is 4. The third-order valence-corrected chi connectivity index (χ3v) is 6.51. The summed E-state index contributed by atoms with van der Waals surface area (Å²) in [5.41, 5.74) is 1.19. The number of aromatic hydroxyl groups is 1. The molecule has 1 aromatic rings. The van der Waals surface area contributed by atoms with Crippen molar-refractivity contribution in [3.05, 3.63) is 23.8 Å². The quantitative estimate of drug-likeness (QED) is 0.832. The molecule has 22 heavy (non-hydrogen) atoms. The highest BCUT2D eigenvalue weighted by Gasteiger charge is 2.54. The van der Waals surface area contributed by atoms with Gasteiger partial charge in [-0.3, -0.25) is 4.90 Å². The molecule has 5 aliphatic rings. The summed E-state index contributed by atoms with van der Waals surface area (Å²) in [6.45, 7) is 2.59. The highest BCUT2D eigenvalue weighted by atomic mass is 16.5. The van der Waals surface area contributed by atoms with Gasteiger partial charge >= 0.3 is 0 Å². The first kappa shape index (κ1) is 13.2. The molecule has 4 heterocycles. The predicted octanol–water partition coefficient (Wildman–Crippen LogP) is 1.96. The minimum atomic E-state index is 0.226. The Labute approximate surface area is 130 Å². The van der Waals surface area contributed by atoms with E-state index in [-0.39, 0.29) is 6.10 Å². The van der Waals surface area contributed by atoms with Crippen molar-refractivity contribution in [2.24, 2.45) is 17.8 Å². The van der Waals surface area contributed by atoms with E-state index in [1.165, 1.54) is 24.9 Å². The number of fused-ring (bicyclic) bond motifs is 4. The standard InChI is InChI=1S/C18H23NO3/c20-9-11-5-10-6-15-17(11)19(8-10)4-3-13-14-7-12(21)1-2-16(14)22-18(13)15/h1-2,7,10-11,13,15,17-18,20-21H,3-6,8-9H2. The van der Waals surface area contributed by atoms with Crippen molar-refractivity contribution in [2.75, 3.05) is 19.7 Å². The first-order valence-corrected chi connectivity index (χ1v) is 8.59. The molecule has 4 aliphatic heterocycles.